The maximum absolute atomic E-state index is 2.46. The topological polar surface area (TPSA) is 0 Å². The van der Waals surface area contributed by atoms with E-state index in [2.05, 4.69) is 65.8 Å². The Kier molecular flexibility index (Phi) is 4.87. The first-order valence-electron chi connectivity index (χ1n) is 11.0. The summed E-state index contributed by atoms with van der Waals surface area (Å²) in [7, 11) is -1.69. The van der Waals surface area contributed by atoms with Crippen LogP contribution in [0.25, 0.3) is 0 Å². The number of hydrogen-bond donors (Lipinski definition) is 0. The molecule has 1 saturated heterocycles. The molecule has 144 valence electrons. The lowest BCUT2D eigenvalue weighted by molar-refractivity contribution is 0.544. The van der Waals surface area contributed by atoms with E-state index in [0.717, 1.165) is 11.1 Å². The highest BCUT2D eigenvalue weighted by molar-refractivity contribution is 7.13. The first kappa shape index (κ1) is 19.0. The van der Waals surface area contributed by atoms with Crippen molar-refractivity contribution in [1.29, 1.82) is 0 Å². The van der Waals surface area contributed by atoms with Gasteiger partial charge in [-0.3, -0.25) is 0 Å². The van der Waals surface area contributed by atoms with Crippen LogP contribution < -0.4 is 10.4 Å². The predicted molar refractivity (Wildman–Crippen MR) is 122 cm³/mol. The van der Waals surface area contributed by atoms with E-state index in [4.69, 9.17) is 0 Å². The van der Waals surface area contributed by atoms with Crippen LogP contribution in [-0.4, -0.2) is 8.07 Å². The van der Waals surface area contributed by atoms with E-state index in [1.807, 2.05) is 0 Å². The molecule has 0 N–H and O–H groups in total. The number of rotatable bonds is 2. The van der Waals surface area contributed by atoms with E-state index >= 15 is 0 Å². The fourth-order valence-electron chi connectivity index (χ4n) is 7.01. The van der Waals surface area contributed by atoms with Crippen molar-refractivity contribution in [3.05, 3.63) is 57.6 Å². The Morgan fingerprint density at radius 1 is 0.556 bits per heavy atom. The zero-order chi connectivity index (χ0) is 19.3. The Morgan fingerprint density at radius 2 is 0.889 bits per heavy atom. The third kappa shape index (κ3) is 2.94. The lowest BCUT2D eigenvalue weighted by atomic mass is 10.0. The molecular weight excluding hydrogens is 340 g/mol. The molecule has 0 bridgehead atoms. The van der Waals surface area contributed by atoms with Gasteiger partial charge < -0.3 is 0 Å². The van der Waals surface area contributed by atoms with Crippen molar-refractivity contribution >= 4 is 18.4 Å². The van der Waals surface area contributed by atoms with E-state index < -0.39 is 8.07 Å². The van der Waals surface area contributed by atoms with Crippen LogP contribution >= 0.6 is 0 Å². The van der Waals surface area contributed by atoms with E-state index in [1.165, 1.54) is 49.7 Å². The van der Waals surface area contributed by atoms with E-state index in [9.17, 15) is 0 Å². The van der Waals surface area contributed by atoms with Crippen LogP contribution in [0.3, 0.4) is 0 Å². The average molecular weight is 377 g/mol. The molecule has 4 rings (SSSR count). The molecule has 0 nitrogen and oxygen atoms in total. The summed E-state index contributed by atoms with van der Waals surface area (Å²) >= 11 is 0. The first-order valence-corrected chi connectivity index (χ1v) is 13.2. The molecule has 27 heavy (non-hydrogen) atoms. The van der Waals surface area contributed by atoms with Crippen LogP contribution in [0.1, 0.15) is 71.9 Å². The summed E-state index contributed by atoms with van der Waals surface area (Å²) in [6.45, 7) is 14.1. The van der Waals surface area contributed by atoms with Gasteiger partial charge in [-0.25, -0.2) is 0 Å². The van der Waals surface area contributed by atoms with Crippen LogP contribution in [0.2, 0.25) is 11.1 Å². The average Bonchev–Trinajstić information content (AvgIpc) is 3.09. The summed E-state index contributed by atoms with van der Waals surface area (Å²) in [5, 5.41) is 3.61. The monoisotopic (exact) mass is 376 g/mol. The lowest BCUT2D eigenvalue weighted by Gasteiger charge is -2.27. The normalized spacial score (nSPS) is 24.1. The summed E-state index contributed by atoms with van der Waals surface area (Å²) in [6, 6.07) is 9.84. The van der Waals surface area contributed by atoms with Gasteiger partial charge in [0.2, 0.25) is 0 Å². The molecule has 1 heterocycles. The molecule has 0 amide bonds. The third-order valence-corrected chi connectivity index (χ3v) is 14.1. The molecule has 2 unspecified atom stereocenters. The smallest absolute Gasteiger partial charge is 0.0565 e. The Labute approximate surface area is 167 Å². The van der Waals surface area contributed by atoms with Gasteiger partial charge in [0.1, 0.15) is 8.07 Å². The summed E-state index contributed by atoms with van der Waals surface area (Å²) < 4.78 is 0. The summed E-state index contributed by atoms with van der Waals surface area (Å²) in [4.78, 5) is 0. The van der Waals surface area contributed by atoms with Gasteiger partial charge in [0.15, 0.2) is 0 Å². The molecule has 0 spiro atoms. The number of aryl methyl sites for hydroxylation is 6. The van der Waals surface area contributed by atoms with Crippen LogP contribution in [0, 0.1) is 41.5 Å². The van der Waals surface area contributed by atoms with Gasteiger partial charge in [-0.1, -0.05) is 96.2 Å². The quantitative estimate of drug-likeness (QED) is 0.547. The largest absolute Gasteiger partial charge is 0.125 e. The van der Waals surface area contributed by atoms with Crippen LogP contribution in [0.15, 0.2) is 24.3 Å². The second-order valence-corrected chi connectivity index (χ2v) is 13.8. The minimum absolute atomic E-state index is 0.970. The third-order valence-electron chi connectivity index (χ3n) is 7.51. The van der Waals surface area contributed by atoms with Gasteiger partial charge in [0.05, 0.1) is 0 Å². The summed E-state index contributed by atoms with van der Waals surface area (Å²) in [5.74, 6) is 0. The molecule has 2 fully saturated rings. The molecule has 0 aromatic heterocycles. The second kappa shape index (κ2) is 6.92. The first-order chi connectivity index (χ1) is 12.9. The SMILES string of the molecule is Cc1cc(C)c([Si]2(c3c(C)cc(C)cc3C)C3CCCCCCC32)c(C)c1. The summed E-state index contributed by atoms with van der Waals surface area (Å²) in [6.07, 6.45) is 8.73. The van der Waals surface area contributed by atoms with Crippen molar-refractivity contribution in [3.8, 4) is 0 Å². The number of hydrogen-bond acceptors (Lipinski definition) is 0. The van der Waals surface area contributed by atoms with Crippen LogP contribution in [-0.2, 0) is 0 Å². The molecule has 1 saturated carbocycles. The van der Waals surface area contributed by atoms with Crippen LogP contribution in [0.5, 0.6) is 0 Å². The van der Waals surface area contributed by atoms with Gasteiger partial charge in [-0.2, -0.15) is 0 Å². The van der Waals surface area contributed by atoms with Gasteiger partial charge in [0.25, 0.3) is 0 Å². The zero-order valence-electron chi connectivity index (χ0n) is 18.2. The molecular formula is C26H36Si. The van der Waals surface area contributed by atoms with Crippen molar-refractivity contribution in [3.63, 3.8) is 0 Å². The second-order valence-electron chi connectivity index (χ2n) is 9.62. The number of benzene rings is 2. The fraction of sp³-hybridized carbons (Fsp3) is 0.538. The maximum Gasteiger partial charge on any atom is 0.125 e. The highest BCUT2D eigenvalue weighted by Crippen LogP contribution is 2.65. The van der Waals surface area contributed by atoms with Crippen molar-refractivity contribution in [2.45, 2.75) is 91.1 Å². The molecule has 2 aromatic carbocycles. The Balaban J connectivity index is 1.99. The summed E-state index contributed by atoms with van der Waals surface area (Å²) in [5.41, 5.74) is 11.1. The van der Waals surface area contributed by atoms with Crippen molar-refractivity contribution in [2.24, 2.45) is 0 Å². The zero-order valence-corrected chi connectivity index (χ0v) is 19.2. The van der Waals surface area contributed by atoms with Gasteiger partial charge in [0, 0.05) is 0 Å². The molecule has 1 aliphatic carbocycles. The highest BCUT2D eigenvalue weighted by Gasteiger charge is 2.68. The fourth-order valence-corrected chi connectivity index (χ4v) is 14.9. The van der Waals surface area contributed by atoms with E-state index in [1.54, 1.807) is 32.6 Å². The molecule has 2 aliphatic rings. The minimum Gasteiger partial charge on any atom is -0.0565 e. The number of fused-ring (bicyclic) bond motifs is 1. The lowest BCUT2D eigenvalue weighted by Crippen LogP contribution is -2.52. The van der Waals surface area contributed by atoms with E-state index in [0.29, 0.717) is 0 Å². The van der Waals surface area contributed by atoms with E-state index in [-0.39, 0.29) is 0 Å². The standard InChI is InChI=1S/C26H36Si/c1-17-13-19(3)25(20(4)14-17)27(23-11-9-7-8-10-12-24(23)27)26-21(5)15-18(2)16-22(26)6/h13-16,23-24H,7-12H2,1-6H3. The Hall–Kier alpha value is -1.34. The van der Waals surface area contributed by atoms with Gasteiger partial charge in [-0.05, 0) is 63.0 Å². The van der Waals surface area contributed by atoms with Gasteiger partial charge in [-0.15, -0.1) is 0 Å². The van der Waals surface area contributed by atoms with Crippen LogP contribution in [0.4, 0.5) is 0 Å². The predicted octanol–water partition coefficient (Wildman–Crippen LogP) is 6.21. The molecule has 0 radical (unpaired) electrons. The molecule has 2 atom stereocenters. The van der Waals surface area contributed by atoms with Crippen molar-refractivity contribution in [1.82, 2.24) is 0 Å². The van der Waals surface area contributed by atoms with Gasteiger partial charge >= 0.3 is 0 Å². The maximum atomic E-state index is 2.46. The van der Waals surface area contributed by atoms with Crippen molar-refractivity contribution < 1.29 is 0 Å². The highest BCUT2D eigenvalue weighted by atomic mass is 28.3. The molecule has 1 aliphatic heterocycles. The molecule has 2 aromatic rings. The van der Waals surface area contributed by atoms with Crippen molar-refractivity contribution in [2.75, 3.05) is 0 Å². The Morgan fingerprint density at radius 3 is 1.22 bits per heavy atom. The Bertz CT molecular complexity index is 756. The molecule has 1 heteroatoms. The minimum atomic E-state index is -1.69.